The van der Waals surface area contributed by atoms with Crippen LogP contribution >= 0.6 is 39.7 Å². The first-order valence-electron chi connectivity index (χ1n) is 7.23. The van der Waals surface area contributed by atoms with Crippen LogP contribution in [-0.2, 0) is 0 Å². The summed E-state index contributed by atoms with van der Waals surface area (Å²) in [6.45, 7) is 0. The lowest BCUT2D eigenvalue weighted by atomic mass is 10.1. The van der Waals surface area contributed by atoms with Gasteiger partial charge in [0.05, 0.1) is 10.6 Å². The Hall–Kier alpha value is -2.15. The van der Waals surface area contributed by atoms with Gasteiger partial charge in [0.15, 0.2) is 5.11 Å². The molecule has 0 atom stereocenters. The first kappa shape index (κ1) is 17.7. The Labute approximate surface area is 162 Å². The number of rotatable bonds is 2. The van der Waals surface area contributed by atoms with Crippen LogP contribution in [0, 0.1) is 0 Å². The largest absolute Gasteiger partial charge is 0.508 e. The highest BCUT2D eigenvalue weighted by Crippen LogP contribution is 2.26. The summed E-state index contributed by atoms with van der Waals surface area (Å²) in [6.07, 6.45) is 0. The predicted molar refractivity (Wildman–Crippen MR) is 108 cm³/mol. The molecule has 0 spiro atoms. The van der Waals surface area contributed by atoms with Crippen LogP contribution in [0.15, 0.2) is 59.1 Å². The summed E-state index contributed by atoms with van der Waals surface area (Å²) in [5.74, 6) is -0.216. The first-order valence-corrected chi connectivity index (χ1v) is 8.81. The summed E-state index contributed by atoms with van der Waals surface area (Å²) in [5.41, 5.74) is 1.05. The van der Waals surface area contributed by atoms with E-state index in [0.29, 0.717) is 10.6 Å². The minimum absolute atomic E-state index is 0.154. The van der Waals surface area contributed by atoms with Crippen molar-refractivity contribution in [2.24, 2.45) is 0 Å². The molecule has 0 aromatic heterocycles. The molecule has 0 bridgehead atoms. The zero-order chi connectivity index (χ0) is 18.0. The average Bonchev–Trinajstić information content (AvgIpc) is 2.56. The molecular formula is C18H12BrClN2O2S. The smallest absolute Gasteiger partial charge is 0.258 e. The van der Waals surface area contributed by atoms with Gasteiger partial charge in [0, 0.05) is 15.5 Å². The maximum atomic E-state index is 12.3. The molecule has 0 saturated heterocycles. The van der Waals surface area contributed by atoms with Crippen molar-refractivity contribution < 1.29 is 9.90 Å². The van der Waals surface area contributed by atoms with Crippen molar-refractivity contribution in [3.8, 4) is 5.75 Å². The van der Waals surface area contributed by atoms with Crippen molar-refractivity contribution in [1.82, 2.24) is 5.32 Å². The Morgan fingerprint density at radius 3 is 2.72 bits per heavy atom. The van der Waals surface area contributed by atoms with Crippen LogP contribution in [0.5, 0.6) is 5.75 Å². The minimum Gasteiger partial charge on any atom is -0.508 e. The fourth-order valence-corrected chi connectivity index (χ4v) is 3.14. The molecule has 3 aromatic rings. The molecule has 0 unspecified atom stereocenters. The number of carbonyl (C=O) groups excluding carboxylic acids is 1. The number of aromatic hydroxyl groups is 1. The number of fused-ring (bicyclic) bond motifs is 1. The molecule has 3 N–H and O–H groups in total. The van der Waals surface area contributed by atoms with E-state index in [4.69, 9.17) is 23.8 Å². The van der Waals surface area contributed by atoms with Crippen LogP contribution < -0.4 is 10.6 Å². The molecule has 1 amide bonds. The summed E-state index contributed by atoms with van der Waals surface area (Å²) in [4.78, 5) is 12.3. The fraction of sp³-hybridized carbons (Fsp3) is 0. The summed E-state index contributed by atoms with van der Waals surface area (Å²) in [6, 6.07) is 15.6. The maximum absolute atomic E-state index is 12.3. The highest BCUT2D eigenvalue weighted by molar-refractivity contribution is 9.10. The zero-order valence-corrected chi connectivity index (χ0v) is 15.9. The lowest BCUT2D eigenvalue weighted by Crippen LogP contribution is -2.34. The van der Waals surface area contributed by atoms with E-state index in [1.807, 2.05) is 18.2 Å². The monoisotopic (exact) mass is 434 g/mol. The second kappa shape index (κ2) is 7.39. The third-order valence-electron chi connectivity index (χ3n) is 3.51. The number of carbonyl (C=O) groups is 1. The molecule has 0 heterocycles. The summed E-state index contributed by atoms with van der Waals surface area (Å²) in [7, 11) is 0. The van der Waals surface area contributed by atoms with E-state index in [1.165, 1.54) is 0 Å². The average molecular weight is 436 g/mol. The Morgan fingerprint density at radius 2 is 1.92 bits per heavy atom. The number of anilines is 1. The van der Waals surface area contributed by atoms with Gasteiger partial charge in [-0.05, 0) is 60.1 Å². The lowest BCUT2D eigenvalue weighted by Gasteiger charge is -2.12. The Bertz CT molecular complexity index is 994. The minimum atomic E-state index is -0.401. The van der Waals surface area contributed by atoms with E-state index in [1.54, 1.807) is 36.4 Å². The van der Waals surface area contributed by atoms with Crippen LogP contribution in [0.3, 0.4) is 0 Å². The van der Waals surface area contributed by atoms with Crippen LogP contribution in [0.4, 0.5) is 5.69 Å². The van der Waals surface area contributed by atoms with Crippen molar-refractivity contribution >= 4 is 67.2 Å². The highest BCUT2D eigenvalue weighted by atomic mass is 79.9. The van der Waals surface area contributed by atoms with Gasteiger partial charge in [-0.3, -0.25) is 10.1 Å². The van der Waals surface area contributed by atoms with Crippen LogP contribution in [0.1, 0.15) is 10.4 Å². The normalized spacial score (nSPS) is 10.5. The molecule has 7 heteroatoms. The topological polar surface area (TPSA) is 61.4 Å². The van der Waals surface area contributed by atoms with Gasteiger partial charge >= 0.3 is 0 Å². The molecule has 126 valence electrons. The van der Waals surface area contributed by atoms with Crippen LogP contribution in [0.2, 0.25) is 5.02 Å². The number of thiocarbonyl (C=S) groups is 1. The van der Waals surface area contributed by atoms with Gasteiger partial charge < -0.3 is 10.4 Å². The molecule has 3 aromatic carbocycles. The van der Waals surface area contributed by atoms with E-state index < -0.39 is 5.91 Å². The fourth-order valence-electron chi connectivity index (χ4n) is 2.38. The van der Waals surface area contributed by atoms with Crippen molar-refractivity contribution in [2.75, 3.05) is 5.32 Å². The van der Waals surface area contributed by atoms with Crippen LogP contribution in [0.25, 0.3) is 10.8 Å². The standard InChI is InChI=1S/C18H12BrClN2O2S/c19-11-4-7-15(20)14(9-11)17(24)22-18(25)21-16-3-1-2-10-8-12(23)5-6-13(10)16/h1-9,23H,(H2,21,22,24,25). The summed E-state index contributed by atoms with van der Waals surface area (Å²) >= 11 is 14.6. The van der Waals surface area contributed by atoms with E-state index in [0.717, 1.165) is 20.9 Å². The predicted octanol–water partition coefficient (Wildman–Crippen LogP) is 5.09. The third kappa shape index (κ3) is 4.10. The number of hydrogen-bond acceptors (Lipinski definition) is 3. The van der Waals surface area contributed by atoms with Gasteiger partial charge in [0.25, 0.3) is 5.91 Å². The molecule has 4 nitrogen and oxygen atoms in total. The van der Waals surface area contributed by atoms with Gasteiger partial charge in [-0.15, -0.1) is 0 Å². The van der Waals surface area contributed by atoms with Gasteiger partial charge in [-0.25, -0.2) is 0 Å². The Kier molecular flexibility index (Phi) is 5.22. The Balaban J connectivity index is 1.79. The Morgan fingerprint density at radius 1 is 1.12 bits per heavy atom. The summed E-state index contributed by atoms with van der Waals surface area (Å²) < 4.78 is 0.745. The van der Waals surface area contributed by atoms with Crippen LogP contribution in [-0.4, -0.2) is 16.1 Å². The number of hydrogen-bond donors (Lipinski definition) is 3. The lowest BCUT2D eigenvalue weighted by molar-refractivity contribution is 0.0978. The molecular weight excluding hydrogens is 424 g/mol. The number of halogens is 2. The number of benzene rings is 3. The number of phenols is 1. The second-order valence-corrected chi connectivity index (χ2v) is 6.97. The third-order valence-corrected chi connectivity index (χ3v) is 4.54. The van der Waals surface area contributed by atoms with Crippen molar-refractivity contribution in [3.05, 3.63) is 69.7 Å². The van der Waals surface area contributed by atoms with Crippen molar-refractivity contribution in [2.45, 2.75) is 0 Å². The first-order chi connectivity index (χ1) is 11.9. The molecule has 0 saturated carbocycles. The molecule has 0 fully saturated rings. The van der Waals surface area contributed by atoms with E-state index in [2.05, 4.69) is 26.6 Å². The molecule has 3 rings (SSSR count). The highest BCUT2D eigenvalue weighted by Gasteiger charge is 2.13. The van der Waals surface area contributed by atoms with Gasteiger partial charge in [0.2, 0.25) is 0 Å². The number of nitrogens with one attached hydrogen (secondary N) is 2. The van der Waals surface area contributed by atoms with Gasteiger partial charge in [0.1, 0.15) is 5.75 Å². The SMILES string of the molecule is O=C(NC(=S)Nc1cccc2cc(O)ccc12)c1cc(Br)ccc1Cl. The quantitative estimate of drug-likeness (QED) is 0.491. The molecule has 0 radical (unpaired) electrons. The molecule has 0 aliphatic rings. The second-order valence-electron chi connectivity index (χ2n) is 5.24. The van der Waals surface area contributed by atoms with Gasteiger partial charge in [-0.1, -0.05) is 39.7 Å². The van der Waals surface area contributed by atoms with E-state index in [9.17, 15) is 9.90 Å². The number of amides is 1. The van der Waals surface area contributed by atoms with Crippen molar-refractivity contribution in [3.63, 3.8) is 0 Å². The van der Waals surface area contributed by atoms with E-state index >= 15 is 0 Å². The molecule has 0 aliphatic heterocycles. The number of phenolic OH excluding ortho intramolecular Hbond substituents is 1. The van der Waals surface area contributed by atoms with E-state index in [-0.39, 0.29) is 10.9 Å². The van der Waals surface area contributed by atoms with Crippen molar-refractivity contribution in [1.29, 1.82) is 0 Å². The zero-order valence-electron chi connectivity index (χ0n) is 12.7. The summed E-state index contributed by atoms with van der Waals surface area (Å²) in [5, 5.41) is 17.4. The van der Waals surface area contributed by atoms with Gasteiger partial charge in [-0.2, -0.15) is 0 Å². The molecule has 0 aliphatic carbocycles. The maximum Gasteiger partial charge on any atom is 0.258 e. The molecule has 25 heavy (non-hydrogen) atoms.